The van der Waals surface area contributed by atoms with Crippen molar-refractivity contribution >= 4 is 0 Å². The van der Waals surface area contributed by atoms with Crippen LogP contribution in [0.15, 0.2) is 30.3 Å². The average molecular weight is 519 g/mol. The standard InChI is InChI=1S/C29H42O8/c1-35-27-16-20(17-28(36-2)29(27)34)8-10-22(31)18-25(33)21(12-13-30)14-19-9-11-24(32)26(15-19)37-23-6-4-3-5-7-23/h9,11,15-17,21-23,25,30-34H,3-8,10,12-14,18H2,1-2H3. The van der Waals surface area contributed by atoms with Crippen molar-refractivity contribution in [3.8, 4) is 28.7 Å². The van der Waals surface area contributed by atoms with Crippen molar-refractivity contribution in [3.63, 3.8) is 0 Å². The van der Waals surface area contributed by atoms with Crippen LogP contribution in [0, 0.1) is 5.92 Å². The lowest BCUT2D eigenvalue weighted by Gasteiger charge is -2.26. The fraction of sp³-hybridized carbons (Fsp3) is 0.586. The predicted octanol–water partition coefficient (Wildman–Crippen LogP) is 4.11. The van der Waals surface area contributed by atoms with E-state index < -0.39 is 12.2 Å². The summed E-state index contributed by atoms with van der Waals surface area (Å²) in [6, 6.07) is 8.65. The van der Waals surface area contributed by atoms with E-state index in [2.05, 4.69) is 0 Å². The summed E-state index contributed by atoms with van der Waals surface area (Å²) in [5.74, 6) is 0.826. The number of ether oxygens (including phenoxy) is 3. The van der Waals surface area contributed by atoms with Gasteiger partial charge >= 0.3 is 0 Å². The molecule has 8 nitrogen and oxygen atoms in total. The maximum atomic E-state index is 10.9. The van der Waals surface area contributed by atoms with E-state index in [4.69, 9.17) is 14.2 Å². The minimum atomic E-state index is -0.817. The SMILES string of the molecule is COc1cc(CCC(O)CC(O)C(CCO)Cc2ccc(O)c(OC3CCCCC3)c2)cc(OC)c1O. The molecular weight excluding hydrogens is 476 g/mol. The first-order chi connectivity index (χ1) is 17.8. The lowest BCUT2D eigenvalue weighted by Crippen LogP contribution is -2.28. The van der Waals surface area contributed by atoms with Crippen molar-refractivity contribution in [2.24, 2.45) is 5.92 Å². The molecule has 0 aromatic heterocycles. The molecule has 3 unspecified atom stereocenters. The Labute approximate surface area is 219 Å². The zero-order valence-corrected chi connectivity index (χ0v) is 21.9. The molecule has 2 aromatic carbocycles. The highest BCUT2D eigenvalue weighted by atomic mass is 16.5. The molecule has 2 aromatic rings. The van der Waals surface area contributed by atoms with Gasteiger partial charge in [-0.1, -0.05) is 12.5 Å². The fourth-order valence-electron chi connectivity index (χ4n) is 5.06. The first kappa shape index (κ1) is 28.9. The van der Waals surface area contributed by atoms with Crippen LogP contribution >= 0.6 is 0 Å². The molecule has 3 atom stereocenters. The minimum absolute atomic E-state index is 0.0712. The molecule has 0 bridgehead atoms. The van der Waals surface area contributed by atoms with Gasteiger partial charge in [0.05, 0.1) is 32.5 Å². The third-order valence-corrected chi connectivity index (χ3v) is 7.23. The summed E-state index contributed by atoms with van der Waals surface area (Å²) in [6.07, 6.45) is 5.93. The zero-order chi connectivity index (χ0) is 26.8. The Hall–Kier alpha value is -2.68. The topological polar surface area (TPSA) is 129 Å². The second-order valence-corrected chi connectivity index (χ2v) is 10.0. The van der Waals surface area contributed by atoms with Gasteiger partial charge in [0.25, 0.3) is 0 Å². The number of aliphatic hydroxyl groups is 3. The van der Waals surface area contributed by atoms with E-state index in [9.17, 15) is 25.5 Å². The van der Waals surface area contributed by atoms with Crippen molar-refractivity contribution < 1.29 is 39.7 Å². The number of hydrogen-bond donors (Lipinski definition) is 5. The van der Waals surface area contributed by atoms with Crippen molar-refractivity contribution in [3.05, 3.63) is 41.5 Å². The summed E-state index contributed by atoms with van der Waals surface area (Å²) in [4.78, 5) is 0. The maximum Gasteiger partial charge on any atom is 0.200 e. The summed E-state index contributed by atoms with van der Waals surface area (Å²) in [7, 11) is 2.92. The molecule has 1 fully saturated rings. The number of phenolic OH excluding ortho intramolecular Hbond substituents is 2. The molecule has 0 spiro atoms. The number of phenols is 2. The number of aryl methyl sites for hydroxylation is 1. The van der Waals surface area contributed by atoms with Gasteiger partial charge < -0.3 is 39.7 Å². The van der Waals surface area contributed by atoms with Gasteiger partial charge in [-0.2, -0.15) is 0 Å². The summed E-state index contributed by atoms with van der Waals surface area (Å²) >= 11 is 0. The summed E-state index contributed by atoms with van der Waals surface area (Å²) < 4.78 is 16.5. The van der Waals surface area contributed by atoms with Crippen LogP contribution in [0.25, 0.3) is 0 Å². The molecule has 1 aliphatic rings. The molecule has 0 aliphatic heterocycles. The van der Waals surface area contributed by atoms with Gasteiger partial charge in [0.1, 0.15) is 0 Å². The van der Waals surface area contributed by atoms with E-state index in [1.807, 2.05) is 12.1 Å². The van der Waals surface area contributed by atoms with Gasteiger partial charge in [-0.15, -0.1) is 0 Å². The lowest BCUT2D eigenvalue weighted by molar-refractivity contribution is 0.0320. The molecule has 0 radical (unpaired) electrons. The Morgan fingerprint density at radius 3 is 2.14 bits per heavy atom. The van der Waals surface area contributed by atoms with Crippen LogP contribution in [0.5, 0.6) is 28.7 Å². The lowest BCUT2D eigenvalue weighted by atomic mass is 9.87. The van der Waals surface area contributed by atoms with E-state index in [0.29, 0.717) is 42.9 Å². The van der Waals surface area contributed by atoms with Crippen molar-refractivity contribution in [1.82, 2.24) is 0 Å². The molecule has 0 saturated heterocycles. The van der Waals surface area contributed by atoms with Gasteiger partial charge in [0.15, 0.2) is 23.0 Å². The molecular formula is C29H42O8. The first-order valence-electron chi connectivity index (χ1n) is 13.2. The Morgan fingerprint density at radius 2 is 1.51 bits per heavy atom. The van der Waals surface area contributed by atoms with Gasteiger partial charge in [0, 0.05) is 6.61 Å². The molecule has 37 heavy (non-hydrogen) atoms. The van der Waals surface area contributed by atoms with E-state index in [1.165, 1.54) is 20.6 Å². The highest BCUT2D eigenvalue weighted by Gasteiger charge is 2.24. The number of aromatic hydroxyl groups is 2. The zero-order valence-electron chi connectivity index (χ0n) is 21.9. The van der Waals surface area contributed by atoms with Crippen molar-refractivity contribution in [1.29, 1.82) is 0 Å². The molecule has 0 heterocycles. The predicted molar refractivity (Wildman–Crippen MR) is 141 cm³/mol. The van der Waals surface area contributed by atoms with Crippen molar-refractivity contribution in [2.75, 3.05) is 20.8 Å². The Balaban J connectivity index is 1.59. The van der Waals surface area contributed by atoms with E-state index in [1.54, 1.807) is 18.2 Å². The van der Waals surface area contributed by atoms with Crippen LogP contribution in [0.1, 0.15) is 62.5 Å². The molecule has 1 aliphatic carbocycles. The summed E-state index contributed by atoms with van der Waals surface area (Å²) in [6.45, 7) is -0.0750. The number of hydrogen-bond acceptors (Lipinski definition) is 8. The molecule has 0 amide bonds. The molecule has 206 valence electrons. The number of rotatable bonds is 14. The van der Waals surface area contributed by atoms with Gasteiger partial charge in [-0.05, 0) is 99.1 Å². The van der Waals surface area contributed by atoms with Crippen LogP contribution in [0.4, 0.5) is 0 Å². The Kier molecular flexibility index (Phi) is 11.2. The first-order valence-corrected chi connectivity index (χ1v) is 13.2. The quantitative estimate of drug-likeness (QED) is 0.253. The number of methoxy groups -OCH3 is 2. The molecule has 1 saturated carbocycles. The maximum absolute atomic E-state index is 10.9. The average Bonchev–Trinajstić information content (AvgIpc) is 2.90. The second kappa shape index (κ2) is 14.3. The highest BCUT2D eigenvalue weighted by molar-refractivity contribution is 5.52. The van der Waals surface area contributed by atoms with Crippen molar-refractivity contribution in [2.45, 2.75) is 82.5 Å². The largest absolute Gasteiger partial charge is 0.504 e. The molecule has 8 heteroatoms. The van der Waals surface area contributed by atoms with Crippen LogP contribution < -0.4 is 14.2 Å². The monoisotopic (exact) mass is 518 g/mol. The van der Waals surface area contributed by atoms with E-state index in [-0.39, 0.29) is 36.5 Å². The normalized spacial score (nSPS) is 16.7. The summed E-state index contributed by atoms with van der Waals surface area (Å²) in [5.41, 5.74) is 1.74. The Bertz CT molecular complexity index is 947. The van der Waals surface area contributed by atoms with Gasteiger partial charge in [-0.3, -0.25) is 0 Å². The molecule has 5 N–H and O–H groups in total. The third kappa shape index (κ3) is 8.42. The third-order valence-electron chi connectivity index (χ3n) is 7.23. The van der Waals surface area contributed by atoms with Crippen LogP contribution in [-0.2, 0) is 12.8 Å². The Morgan fingerprint density at radius 1 is 0.865 bits per heavy atom. The van der Waals surface area contributed by atoms with Gasteiger partial charge in [0.2, 0.25) is 5.75 Å². The highest BCUT2D eigenvalue weighted by Crippen LogP contribution is 2.37. The van der Waals surface area contributed by atoms with E-state index >= 15 is 0 Å². The second-order valence-electron chi connectivity index (χ2n) is 10.0. The number of benzene rings is 2. The van der Waals surface area contributed by atoms with Crippen LogP contribution in [-0.4, -0.2) is 64.7 Å². The minimum Gasteiger partial charge on any atom is -0.504 e. The fourth-order valence-corrected chi connectivity index (χ4v) is 5.06. The summed E-state index contributed by atoms with van der Waals surface area (Å²) in [5, 5.41) is 51.6. The number of aliphatic hydroxyl groups excluding tert-OH is 3. The van der Waals surface area contributed by atoms with E-state index in [0.717, 1.165) is 36.8 Å². The molecule has 3 rings (SSSR count). The van der Waals surface area contributed by atoms with Gasteiger partial charge in [-0.25, -0.2) is 0 Å². The van der Waals surface area contributed by atoms with Crippen LogP contribution in [0.2, 0.25) is 0 Å². The smallest absolute Gasteiger partial charge is 0.200 e. The van der Waals surface area contributed by atoms with Crippen LogP contribution in [0.3, 0.4) is 0 Å².